The largest absolute Gasteiger partial charge is 0.377 e. The molecule has 3 heterocycles. The van der Waals surface area contributed by atoms with Crippen LogP contribution in [-0.2, 0) is 4.74 Å². The number of carbonyl (C=O) groups is 2. The molecule has 2 N–H and O–H groups in total. The Morgan fingerprint density at radius 2 is 2.36 bits per heavy atom. The van der Waals surface area contributed by atoms with Gasteiger partial charge in [-0.25, -0.2) is 0 Å². The number of aryl methyl sites for hydroxylation is 1. The van der Waals surface area contributed by atoms with E-state index in [1.165, 1.54) is 17.6 Å². The predicted octanol–water partition coefficient (Wildman–Crippen LogP) is 1.31. The van der Waals surface area contributed by atoms with Crippen molar-refractivity contribution >= 4 is 29.4 Å². The summed E-state index contributed by atoms with van der Waals surface area (Å²) in [5.41, 5.74) is 0.640. The normalized spacial score (nSPS) is 17.3. The Bertz CT molecular complexity index is 785. The molecule has 25 heavy (non-hydrogen) atoms. The molecule has 0 saturated carbocycles. The summed E-state index contributed by atoms with van der Waals surface area (Å²) in [5.74, 6) is -0.304. The molecule has 0 bridgehead atoms. The number of hydrogen-bond acceptors (Lipinski definition) is 7. The second kappa shape index (κ2) is 7.58. The van der Waals surface area contributed by atoms with Gasteiger partial charge in [-0.05, 0) is 19.1 Å². The number of amides is 2. The van der Waals surface area contributed by atoms with Gasteiger partial charge in [0.05, 0.1) is 29.8 Å². The van der Waals surface area contributed by atoms with Gasteiger partial charge < -0.3 is 24.9 Å². The van der Waals surface area contributed by atoms with Crippen molar-refractivity contribution in [1.29, 1.82) is 5.41 Å². The van der Waals surface area contributed by atoms with E-state index in [4.69, 9.17) is 14.7 Å². The number of hydrogen-bond donors (Lipinski definition) is 2. The van der Waals surface area contributed by atoms with E-state index in [0.29, 0.717) is 35.2 Å². The van der Waals surface area contributed by atoms with Gasteiger partial charge >= 0.3 is 0 Å². The molecule has 0 aliphatic carbocycles. The number of morpholine rings is 1. The van der Waals surface area contributed by atoms with Gasteiger partial charge in [-0.2, -0.15) is 0 Å². The van der Waals surface area contributed by atoms with E-state index in [9.17, 15) is 9.59 Å². The van der Waals surface area contributed by atoms with Gasteiger partial charge in [-0.1, -0.05) is 5.16 Å². The third-order valence-electron chi connectivity index (χ3n) is 3.82. The number of carbonyl (C=O) groups excluding carboxylic acids is 2. The average molecular weight is 362 g/mol. The molecule has 1 atom stereocenters. The summed E-state index contributed by atoms with van der Waals surface area (Å²) >= 11 is 1.24. The van der Waals surface area contributed by atoms with E-state index in [-0.39, 0.29) is 30.2 Å². The van der Waals surface area contributed by atoms with E-state index in [1.807, 2.05) is 0 Å². The van der Waals surface area contributed by atoms with Crippen LogP contribution in [0.1, 0.15) is 30.8 Å². The van der Waals surface area contributed by atoms with Gasteiger partial charge in [-0.3, -0.25) is 9.59 Å². The molecule has 0 aromatic carbocycles. The van der Waals surface area contributed by atoms with Crippen LogP contribution in [0, 0.1) is 12.3 Å². The summed E-state index contributed by atoms with van der Waals surface area (Å²) in [6.45, 7) is 3.23. The summed E-state index contributed by atoms with van der Waals surface area (Å²) < 4.78 is 10.5. The Hall–Kier alpha value is -2.52. The molecule has 0 spiro atoms. The molecule has 3 rings (SSSR count). The first-order valence-electron chi connectivity index (χ1n) is 7.79. The summed E-state index contributed by atoms with van der Waals surface area (Å²) in [4.78, 5) is 27.7. The van der Waals surface area contributed by atoms with Gasteiger partial charge in [-0.15, -0.1) is 11.3 Å². The topological polar surface area (TPSA) is 109 Å². The molecule has 132 valence electrons. The van der Waals surface area contributed by atoms with Crippen molar-refractivity contribution in [3.8, 4) is 0 Å². The lowest BCUT2D eigenvalue weighted by Crippen LogP contribution is -2.53. The molecule has 1 saturated heterocycles. The number of nitrogens with zero attached hydrogens (tertiary/aromatic N) is 2. The molecule has 1 aliphatic heterocycles. The minimum atomic E-state index is -0.280. The first kappa shape index (κ1) is 17.3. The number of aromatic nitrogens is 1. The summed E-state index contributed by atoms with van der Waals surface area (Å²) in [6.07, 6.45) is 1.20. The fourth-order valence-electron chi connectivity index (χ4n) is 2.55. The fraction of sp³-hybridized carbons (Fsp3) is 0.375. The lowest BCUT2D eigenvalue weighted by atomic mass is 10.2. The third kappa shape index (κ3) is 3.94. The standard InChI is InChI=1S/C16H18N4O4S/c1-10-6-13(24-19-10)16(22)20-4-5-23-9-11(20)8-18-15(21)14-3-2-12(7-17)25-14/h2-3,6-7,11,17H,4-5,8-9H2,1H3,(H,18,21). The van der Waals surface area contributed by atoms with Crippen LogP contribution in [0.25, 0.3) is 0 Å². The van der Waals surface area contributed by atoms with E-state index in [0.717, 1.165) is 0 Å². The van der Waals surface area contributed by atoms with Crippen LogP contribution in [0.15, 0.2) is 22.7 Å². The molecule has 8 nitrogen and oxygen atoms in total. The zero-order chi connectivity index (χ0) is 17.8. The highest BCUT2D eigenvalue weighted by atomic mass is 32.1. The Labute approximate surface area is 148 Å². The van der Waals surface area contributed by atoms with Crippen LogP contribution < -0.4 is 5.32 Å². The van der Waals surface area contributed by atoms with Crippen LogP contribution >= 0.6 is 11.3 Å². The quantitative estimate of drug-likeness (QED) is 0.780. The highest BCUT2D eigenvalue weighted by Gasteiger charge is 2.30. The molecule has 9 heteroatoms. The van der Waals surface area contributed by atoms with Crippen molar-refractivity contribution in [3.05, 3.63) is 39.4 Å². The second-order valence-electron chi connectivity index (χ2n) is 5.62. The van der Waals surface area contributed by atoms with Crippen molar-refractivity contribution in [3.63, 3.8) is 0 Å². The molecule has 2 amide bonds. The highest BCUT2D eigenvalue weighted by Crippen LogP contribution is 2.16. The zero-order valence-electron chi connectivity index (χ0n) is 13.7. The first-order valence-corrected chi connectivity index (χ1v) is 8.60. The van der Waals surface area contributed by atoms with Crippen LogP contribution in [0.3, 0.4) is 0 Å². The Morgan fingerprint density at radius 1 is 1.52 bits per heavy atom. The molecule has 1 aliphatic rings. The van der Waals surface area contributed by atoms with E-state index in [2.05, 4.69) is 10.5 Å². The van der Waals surface area contributed by atoms with Gasteiger partial charge in [0.15, 0.2) is 0 Å². The molecule has 2 aromatic rings. The molecule has 1 unspecified atom stereocenters. The smallest absolute Gasteiger partial charge is 0.292 e. The third-order valence-corrected chi connectivity index (χ3v) is 4.85. The summed E-state index contributed by atoms with van der Waals surface area (Å²) in [5, 5.41) is 13.8. The van der Waals surface area contributed by atoms with Crippen LogP contribution in [-0.4, -0.2) is 60.4 Å². The van der Waals surface area contributed by atoms with Crippen LogP contribution in [0.2, 0.25) is 0 Å². The van der Waals surface area contributed by atoms with Gasteiger partial charge in [0, 0.05) is 30.2 Å². The molecule has 2 aromatic heterocycles. The number of ether oxygens (including phenoxy) is 1. The van der Waals surface area contributed by atoms with Gasteiger partial charge in [0.1, 0.15) is 0 Å². The fourth-order valence-corrected chi connectivity index (χ4v) is 3.30. The molecular formula is C16H18N4O4S. The summed E-state index contributed by atoms with van der Waals surface area (Å²) in [6, 6.07) is 4.71. The van der Waals surface area contributed by atoms with Gasteiger partial charge in [0.25, 0.3) is 11.8 Å². The number of nitrogens with one attached hydrogen (secondary N) is 2. The molecular weight excluding hydrogens is 344 g/mol. The summed E-state index contributed by atoms with van der Waals surface area (Å²) in [7, 11) is 0. The maximum Gasteiger partial charge on any atom is 0.292 e. The minimum Gasteiger partial charge on any atom is -0.377 e. The Morgan fingerprint density at radius 3 is 3.04 bits per heavy atom. The Kier molecular flexibility index (Phi) is 5.25. The van der Waals surface area contributed by atoms with E-state index >= 15 is 0 Å². The monoisotopic (exact) mass is 362 g/mol. The molecule has 0 radical (unpaired) electrons. The minimum absolute atomic E-state index is 0.185. The zero-order valence-corrected chi connectivity index (χ0v) is 14.5. The van der Waals surface area contributed by atoms with Crippen LogP contribution in [0.4, 0.5) is 0 Å². The van der Waals surface area contributed by atoms with Crippen molar-refractivity contribution < 1.29 is 18.8 Å². The predicted molar refractivity (Wildman–Crippen MR) is 91.4 cm³/mol. The van der Waals surface area contributed by atoms with Crippen molar-refractivity contribution in [2.45, 2.75) is 13.0 Å². The van der Waals surface area contributed by atoms with Crippen molar-refractivity contribution in [2.75, 3.05) is 26.3 Å². The SMILES string of the molecule is Cc1cc(C(=O)N2CCOCC2CNC(=O)c2ccc(C=N)s2)on1. The van der Waals surface area contributed by atoms with Crippen LogP contribution in [0.5, 0.6) is 0 Å². The second-order valence-corrected chi connectivity index (χ2v) is 6.73. The average Bonchev–Trinajstić information content (AvgIpc) is 3.28. The van der Waals surface area contributed by atoms with Crippen molar-refractivity contribution in [1.82, 2.24) is 15.4 Å². The Balaban J connectivity index is 1.63. The molecule has 1 fully saturated rings. The highest BCUT2D eigenvalue weighted by molar-refractivity contribution is 7.15. The maximum absolute atomic E-state index is 12.6. The number of thiophene rings is 1. The van der Waals surface area contributed by atoms with Crippen molar-refractivity contribution in [2.24, 2.45) is 0 Å². The van der Waals surface area contributed by atoms with Gasteiger partial charge in [0.2, 0.25) is 5.76 Å². The maximum atomic E-state index is 12.6. The lowest BCUT2D eigenvalue weighted by molar-refractivity contribution is -0.00321. The number of rotatable bonds is 5. The lowest BCUT2D eigenvalue weighted by Gasteiger charge is -2.34. The first-order chi connectivity index (χ1) is 12.1. The van der Waals surface area contributed by atoms with E-state index in [1.54, 1.807) is 30.0 Å². The van der Waals surface area contributed by atoms with E-state index < -0.39 is 0 Å².